The number of benzene rings is 1. The molecule has 0 radical (unpaired) electrons. The third-order valence-electron chi connectivity index (χ3n) is 3.06. The second kappa shape index (κ2) is 4.63. The highest BCUT2D eigenvalue weighted by Gasteiger charge is 2.15. The molecular weight excluding hydrogens is 256 g/mol. The standard InChI is InChI=1S/C15H14N2OS/c1-9-5-4-6-12(7-9)15-16-13(8-19-15)14-10(2)17-18-11(14)3/h4-8H,1-3H3. The molecule has 0 spiro atoms. The van der Waals surface area contributed by atoms with Gasteiger partial charge in [-0.1, -0.05) is 28.9 Å². The predicted octanol–water partition coefficient (Wildman–Crippen LogP) is 4.39. The number of aryl methyl sites for hydroxylation is 3. The van der Waals surface area contributed by atoms with Crippen molar-refractivity contribution in [3.63, 3.8) is 0 Å². The second-order valence-electron chi connectivity index (χ2n) is 4.61. The monoisotopic (exact) mass is 270 g/mol. The van der Waals surface area contributed by atoms with Crippen LogP contribution in [0.4, 0.5) is 0 Å². The van der Waals surface area contributed by atoms with Crippen LogP contribution in [0.25, 0.3) is 21.8 Å². The Morgan fingerprint density at radius 1 is 1.16 bits per heavy atom. The summed E-state index contributed by atoms with van der Waals surface area (Å²) in [4.78, 5) is 4.70. The van der Waals surface area contributed by atoms with E-state index in [0.29, 0.717) is 0 Å². The summed E-state index contributed by atoms with van der Waals surface area (Å²) in [6.07, 6.45) is 0. The van der Waals surface area contributed by atoms with Gasteiger partial charge in [-0.05, 0) is 26.8 Å². The van der Waals surface area contributed by atoms with E-state index in [1.54, 1.807) is 11.3 Å². The van der Waals surface area contributed by atoms with Gasteiger partial charge < -0.3 is 4.52 Å². The van der Waals surface area contributed by atoms with Gasteiger partial charge in [0.2, 0.25) is 0 Å². The van der Waals surface area contributed by atoms with Crippen molar-refractivity contribution in [1.82, 2.24) is 10.1 Å². The average Bonchev–Trinajstić information content (AvgIpc) is 2.97. The van der Waals surface area contributed by atoms with Gasteiger partial charge in [-0.2, -0.15) is 0 Å². The molecule has 3 nitrogen and oxygen atoms in total. The van der Waals surface area contributed by atoms with Crippen LogP contribution >= 0.6 is 11.3 Å². The lowest BCUT2D eigenvalue weighted by atomic mass is 10.1. The highest BCUT2D eigenvalue weighted by molar-refractivity contribution is 7.13. The molecule has 4 heteroatoms. The van der Waals surface area contributed by atoms with E-state index in [9.17, 15) is 0 Å². The van der Waals surface area contributed by atoms with Crippen molar-refractivity contribution in [3.05, 3.63) is 46.7 Å². The molecular formula is C15H14N2OS. The van der Waals surface area contributed by atoms with Gasteiger partial charge in [-0.15, -0.1) is 11.3 Å². The zero-order chi connectivity index (χ0) is 13.4. The first-order chi connectivity index (χ1) is 9.15. The van der Waals surface area contributed by atoms with Crippen LogP contribution in [0.1, 0.15) is 17.0 Å². The van der Waals surface area contributed by atoms with E-state index in [-0.39, 0.29) is 0 Å². The number of aromatic nitrogens is 2. The Bertz CT molecular complexity index is 708. The molecule has 0 amide bonds. The quantitative estimate of drug-likeness (QED) is 0.693. The fourth-order valence-electron chi connectivity index (χ4n) is 2.15. The van der Waals surface area contributed by atoms with Gasteiger partial charge in [0, 0.05) is 10.9 Å². The molecule has 0 aliphatic rings. The topological polar surface area (TPSA) is 38.9 Å². The summed E-state index contributed by atoms with van der Waals surface area (Å²) in [5.41, 5.74) is 5.24. The molecule has 0 aliphatic heterocycles. The molecule has 2 aromatic heterocycles. The zero-order valence-electron chi connectivity index (χ0n) is 11.1. The first-order valence-corrected chi connectivity index (χ1v) is 6.99. The fourth-order valence-corrected chi connectivity index (χ4v) is 2.96. The van der Waals surface area contributed by atoms with E-state index in [2.05, 4.69) is 41.7 Å². The maximum absolute atomic E-state index is 5.20. The number of thiazole rings is 1. The second-order valence-corrected chi connectivity index (χ2v) is 5.46. The Morgan fingerprint density at radius 2 is 2.00 bits per heavy atom. The van der Waals surface area contributed by atoms with Gasteiger partial charge in [0.15, 0.2) is 0 Å². The Labute approximate surface area is 115 Å². The molecule has 0 saturated carbocycles. The van der Waals surface area contributed by atoms with E-state index < -0.39 is 0 Å². The van der Waals surface area contributed by atoms with E-state index >= 15 is 0 Å². The first kappa shape index (κ1) is 12.1. The third kappa shape index (κ3) is 2.19. The molecule has 3 rings (SSSR count). The molecule has 0 N–H and O–H groups in total. The maximum Gasteiger partial charge on any atom is 0.143 e. The Hall–Kier alpha value is -1.94. The van der Waals surface area contributed by atoms with Crippen LogP contribution in [0.5, 0.6) is 0 Å². The van der Waals surface area contributed by atoms with E-state index in [1.807, 2.05) is 13.8 Å². The summed E-state index contributed by atoms with van der Waals surface area (Å²) in [5.74, 6) is 0.818. The predicted molar refractivity (Wildman–Crippen MR) is 77.3 cm³/mol. The molecule has 1 aromatic carbocycles. The lowest BCUT2D eigenvalue weighted by Crippen LogP contribution is -1.83. The van der Waals surface area contributed by atoms with Gasteiger partial charge in [-0.25, -0.2) is 4.98 Å². The van der Waals surface area contributed by atoms with Crippen molar-refractivity contribution in [2.45, 2.75) is 20.8 Å². The minimum Gasteiger partial charge on any atom is -0.361 e. The summed E-state index contributed by atoms with van der Waals surface area (Å²) in [5, 5.41) is 7.06. The SMILES string of the molecule is Cc1cccc(-c2nc(-c3c(C)noc3C)cs2)c1. The summed E-state index contributed by atoms with van der Waals surface area (Å²) in [6, 6.07) is 8.38. The largest absolute Gasteiger partial charge is 0.361 e. The van der Waals surface area contributed by atoms with E-state index in [1.165, 1.54) is 5.56 Å². The van der Waals surface area contributed by atoms with E-state index in [0.717, 1.165) is 33.3 Å². The summed E-state index contributed by atoms with van der Waals surface area (Å²) < 4.78 is 5.20. The van der Waals surface area contributed by atoms with Crippen LogP contribution in [-0.4, -0.2) is 10.1 Å². The first-order valence-electron chi connectivity index (χ1n) is 6.11. The van der Waals surface area contributed by atoms with Gasteiger partial charge in [-0.3, -0.25) is 0 Å². The van der Waals surface area contributed by atoms with Crippen LogP contribution in [0.2, 0.25) is 0 Å². The summed E-state index contributed by atoms with van der Waals surface area (Å²) in [6.45, 7) is 5.95. The van der Waals surface area contributed by atoms with Crippen molar-refractivity contribution in [2.75, 3.05) is 0 Å². The maximum atomic E-state index is 5.20. The average molecular weight is 270 g/mol. The Balaban J connectivity index is 2.05. The Kier molecular flexibility index (Phi) is 2.95. The lowest BCUT2D eigenvalue weighted by molar-refractivity contribution is 0.393. The van der Waals surface area contributed by atoms with Crippen molar-refractivity contribution >= 4 is 11.3 Å². The van der Waals surface area contributed by atoms with Crippen LogP contribution in [-0.2, 0) is 0 Å². The summed E-state index contributed by atoms with van der Waals surface area (Å²) in [7, 11) is 0. The minimum absolute atomic E-state index is 0.818. The number of rotatable bonds is 2. The van der Waals surface area contributed by atoms with Crippen molar-refractivity contribution in [2.24, 2.45) is 0 Å². The van der Waals surface area contributed by atoms with Gasteiger partial charge in [0.25, 0.3) is 0 Å². The molecule has 0 aliphatic carbocycles. The Morgan fingerprint density at radius 3 is 2.68 bits per heavy atom. The number of hydrogen-bond acceptors (Lipinski definition) is 4. The molecule has 19 heavy (non-hydrogen) atoms. The van der Waals surface area contributed by atoms with Crippen LogP contribution in [0, 0.1) is 20.8 Å². The fraction of sp³-hybridized carbons (Fsp3) is 0.200. The van der Waals surface area contributed by atoms with Crippen LogP contribution < -0.4 is 0 Å². The van der Waals surface area contributed by atoms with Gasteiger partial charge >= 0.3 is 0 Å². The highest BCUT2D eigenvalue weighted by Crippen LogP contribution is 2.32. The summed E-state index contributed by atoms with van der Waals surface area (Å²) >= 11 is 1.65. The van der Waals surface area contributed by atoms with E-state index in [4.69, 9.17) is 9.51 Å². The zero-order valence-corrected chi connectivity index (χ0v) is 11.9. The molecule has 96 valence electrons. The number of hydrogen-bond donors (Lipinski definition) is 0. The molecule has 0 saturated heterocycles. The highest BCUT2D eigenvalue weighted by atomic mass is 32.1. The van der Waals surface area contributed by atoms with Crippen molar-refractivity contribution in [1.29, 1.82) is 0 Å². The van der Waals surface area contributed by atoms with Crippen LogP contribution in [0.15, 0.2) is 34.2 Å². The molecule has 0 fully saturated rings. The molecule has 0 bridgehead atoms. The normalized spacial score (nSPS) is 10.9. The third-order valence-corrected chi connectivity index (χ3v) is 3.95. The molecule has 2 heterocycles. The minimum atomic E-state index is 0.818. The number of nitrogens with zero attached hydrogens (tertiary/aromatic N) is 2. The smallest absolute Gasteiger partial charge is 0.143 e. The molecule has 3 aromatic rings. The van der Waals surface area contributed by atoms with Gasteiger partial charge in [0.1, 0.15) is 10.8 Å². The van der Waals surface area contributed by atoms with Gasteiger partial charge in [0.05, 0.1) is 17.0 Å². The van der Waals surface area contributed by atoms with Crippen molar-refractivity contribution in [3.8, 4) is 21.8 Å². The molecule has 0 atom stereocenters. The van der Waals surface area contributed by atoms with Crippen molar-refractivity contribution < 1.29 is 4.52 Å². The molecule has 0 unspecified atom stereocenters. The lowest BCUT2D eigenvalue weighted by Gasteiger charge is -1.97. The van der Waals surface area contributed by atoms with Crippen LogP contribution in [0.3, 0.4) is 0 Å².